The van der Waals surface area contributed by atoms with Crippen LogP contribution >= 0.6 is 0 Å². The topological polar surface area (TPSA) is 78.9 Å². The summed E-state index contributed by atoms with van der Waals surface area (Å²) in [6.07, 6.45) is 84.7. The second kappa shape index (κ2) is 60.1. The first-order valence-corrected chi connectivity index (χ1v) is 29.7. The zero-order chi connectivity index (χ0) is 52.9. The van der Waals surface area contributed by atoms with Crippen LogP contribution in [0.1, 0.15) is 252 Å². The summed E-state index contributed by atoms with van der Waals surface area (Å²) in [5, 5.41) is 0. The lowest BCUT2D eigenvalue weighted by Crippen LogP contribution is -2.30. The molecule has 0 aromatic carbocycles. The van der Waals surface area contributed by atoms with Gasteiger partial charge in [-0.05, 0) is 122 Å². The van der Waals surface area contributed by atoms with Crippen LogP contribution in [0.3, 0.4) is 0 Å². The quantitative estimate of drug-likeness (QED) is 0.0261. The van der Waals surface area contributed by atoms with Crippen LogP contribution in [0.2, 0.25) is 0 Å². The van der Waals surface area contributed by atoms with E-state index >= 15 is 0 Å². The summed E-state index contributed by atoms with van der Waals surface area (Å²) in [6, 6.07) is 0. The number of hydrogen-bond donors (Lipinski definition) is 0. The van der Waals surface area contributed by atoms with Crippen LogP contribution < -0.4 is 0 Å². The summed E-state index contributed by atoms with van der Waals surface area (Å²) >= 11 is 0. The summed E-state index contributed by atoms with van der Waals surface area (Å²) < 4.78 is 16.7. The average molecular weight is 1010 g/mol. The first-order chi connectivity index (χ1) is 36.0. The predicted molar refractivity (Wildman–Crippen MR) is 316 cm³/mol. The van der Waals surface area contributed by atoms with Gasteiger partial charge in [0.25, 0.3) is 0 Å². The van der Waals surface area contributed by atoms with Gasteiger partial charge in [0, 0.05) is 19.3 Å². The van der Waals surface area contributed by atoms with E-state index in [2.05, 4.69) is 154 Å². The highest BCUT2D eigenvalue weighted by Crippen LogP contribution is 2.13. The molecular formula is C67H108O6. The number of hydrogen-bond acceptors (Lipinski definition) is 6. The van der Waals surface area contributed by atoms with Crippen LogP contribution in [0.4, 0.5) is 0 Å². The van der Waals surface area contributed by atoms with E-state index in [0.29, 0.717) is 19.3 Å². The van der Waals surface area contributed by atoms with E-state index < -0.39 is 6.10 Å². The highest BCUT2D eigenvalue weighted by molar-refractivity contribution is 5.71. The fourth-order valence-corrected chi connectivity index (χ4v) is 7.70. The normalized spacial score (nSPS) is 13.1. The van der Waals surface area contributed by atoms with Crippen molar-refractivity contribution in [2.24, 2.45) is 0 Å². The molecule has 1 unspecified atom stereocenters. The Morgan fingerprint density at radius 3 is 0.863 bits per heavy atom. The molecule has 0 radical (unpaired) electrons. The lowest BCUT2D eigenvalue weighted by atomic mass is 10.1. The van der Waals surface area contributed by atoms with Crippen molar-refractivity contribution < 1.29 is 28.6 Å². The molecule has 0 aliphatic rings. The Morgan fingerprint density at radius 2 is 0.534 bits per heavy atom. The Morgan fingerprint density at radius 1 is 0.288 bits per heavy atom. The number of esters is 3. The SMILES string of the molecule is CC/C=C\C/C=C\C/C=C\C/C=C\C/C=C\C/C=C\C/C=C\C/C=C\C/C=C\CCCCCCCC(=O)OCC(COC(=O)CCCCCCCCC)OC(=O)CCCCCCC/C=C\C/C=C\CCCCC. The van der Waals surface area contributed by atoms with Gasteiger partial charge in [-0.15, -0.1) is 0 Å². The van der Waals surface area contributed by atoms with Crippen LogP contribution in [0.15, 0.2) is 134 Å². The molecule has 0 saturated carbocycles. The summed E-state index contributed by atoms with van der Waals surface area (Å²) in [7, 11) is 0. The van der Waals surface area contributed by atoms with E-state index in [1.165, 1.54) is 51.4 Å². The van der Waals surface area contributed by atoms with Gasteiger partial charge in [-0.2, -0.15) is 0 Å². The molecule has 412 valence electrons. The van der Waals surface area contributed by atoms with Crippen molar-refractivity contribution in [1.29, 1.82) is 0 Å². The van der Waals surface area contributed by atoms with Crippen molar-refractivity contribution in [2.45, 2.75) is 258 Å². The van der Waals surface area contributed by atoms with Gasteiger partial charge in [0.2, 0.25) is 0 Å². The zero-order valence-corrected chi connectivity index (χ0v) is 47.1. The summed E-state index contributed by atoms with van der Waals surface area (Å²) in [4.78, 5) is 37.9. The van der Waals surface area contributed by atoms with Gasteiger partial charge in [0.05, 0.1) is 0 Å². The van der Waals surface area contributed by atoms with E-state index in [9.17, 15) is 14.4 Å². The minimum Gasteiger partial charge on any atom is -0.462 e. The molecule has 0 aliphatic heterocycles. The molecule has 0 aliphatic carbocycles. The molecular weight excluding hydrogens is 901 g/mol. The molecule has 0 N–H and O–H groups in total. The second-order valence-electron chi connectivity index (χ2n) is 19.2. The van der Waals surface area contributed by atoms with E-state index in [1.807, 2.05) is 0 Å². The van der Waals surface area contributed by atoms with Gasteiger partial charge in [-0.1, -0.05) is 244 Å². The standard InChI is InChI=1S/C67H108O6/c1-4-7-10-13-16-18-20-22-24-25-26-27-28-29-30-31-32-33-34-35-36-37-38-39-40-41-43-44-46-48-51-54-57-60-66(69)72-63-64(62-71-65(68)59-56-53-50-15-12-9-6-3)73-67(70)61-58-55-52-49-47-45-42-23-21-19-17-14-11-8-5-2/h7,10,16-19,22-24,26-27,29-30,32-33,35-36,38-39,41-43,64H,4-6,8-9,11-15,20-21,25,28,31,34,37,40,44-63H2,1-3H3/b10-7-,18-16-,19-17-,24-22-,27-26-,30-29-,33-32-,36-35-,39-38-,42-23-,43-41-. The summed E-state index contributed by atoms with van der Waals surface area (Å²) in [5.41, 5.74) is 0. The Labute approximate surface area is 449 Å². The van der Waals surface area contributed by atoms with Crippen LogP contribution in [-0.4, -0.2) is 37.2 Å². The summed E-state index contributed by atoms with van der Waals surface area (Å²) in [5.74, 6) is -0.937. The predicted octanol–water partition coefficient (Wildman–Crippen LogP) is 20.2. The molecule has 0 aromatic heterocycles. The third kappa shape index (κ3) is 58.3. The van der Waals surface area contributed by atoms with Crippen molar-refractivity contribution in [3.05, 3.63) is 134 Å². The lowest BCUT2D eigenvalue weighted by Gasteiger charge is -2.18. The minimum atomic E-state index is -0.794. The van der Waals surface area contributed by atoms with E-state index in [0.717, 1.165) is 161 Å². The van der Waals surface area contributed by atoms with Crippen LogP contribution in [0.5, 0.6) is 0 Å². The van der Waals surface area contributed by atoms with Gasteiger partial charge in [-0.3, -0.25) is 14.4 Å². The molecule has 6 nitrogen and oxygen atoms in total. The molecule has 0 aromatic rings. The number of rotatable bonds is 52. The van der Waals surface area contributed by atoms with Crippen LogP contribution in [0, 0.1) is 0 Å². The minimum absolute atomic E-state index is 0.0923. The molecule has 0 fully saturated rings. The zero-order valence-electron chi connectivity index (χ0n) is 47.1. The second-order valence-corrected chi connectivity index (χ2v) is 19.2. The van der Waals surface area contributed by atoms with Gasteiger partial charge in [-0.25, -0.2) is 0 Å². The van der Waals surface area contributed by atoms with Crippen molar-refractivity contribution in [2.75, 3.05) is 13.2 Å². The maximum Gasteiger partial charge on any atom is 0.306 e. The molecule has 0 rings (SSSR count). The Kier molecular flexibility index (Phi) is 56.4. The van der Waals surface area contributed by atoms with E-state index in [1.54, 1.807) is 0 Å². The van der Waals surface area contributed by atoms with Crippen LogP contribution in [-0.2, 0) is 28.6 Å². The van der Waals surface area contributed by atoms with Crippen molar-refractivity contribution in [3.63, 3.8) is 0 Å². The first kappa shape index (κ1) is 68.6. The Bertz CT molecular complexity index is 1580. The maximum atomic E-state index is 12.8. The highest BCUT2D eigenvalue weighted by atomic mass is 16.6. The van der Waals surface area contributed by atoms with Crippen LogP contribution in [0.25, 0.3) is 0 Å². The smallest absolute Gasteiger partial charge is 0.306 e. The third-order valence-electron chi connectivity index (χ3n) is 12.1. The van der Waals surface area contributed by atoms with Gasteiger partial charge >= 0.3 is 17.9 Å². The molecule has 0 amide bonds. The monoisotopic (exact) mass is 1010 g/mol. The van der Waals surface area contributed by atoms with E-state index in [-0.39, 0.29) is 31.1 Å². The van der Waals surface area contributed by atoms with Gasteiger partial charge < -0.3 is 14.2 Å². The van der Waals surface area contributed by atoms with Crippen molar-refractivity contribution in [3.8, 4) is 0 Å². The van der Waals surface area contributed by atoms with Gasteiger partial charge in [0.1, 0.15) is 13.2 Å². The number of ether oxygens (including phenoxy) is 3. The number of carbonyl (C=O) groups is 3. The molecule has 0 bridgehead atoms. The lowest BCUT2D eigenvalue weighted by molar-refractivity contribution is -0.167. The molecule has 1 atom stereocenters. The van der Waals surface area contributed by atoms with Crippen molar-refractivity contribution in [1.82, 2.24) is 0 Å². The third-order valence-corrected chi connectivity index (χ3v) is 12.1. The molecule has 0 saturated heterocycles. The fourth-order valence-electron chi connectivity index (χ4n) is 7.70. The van der Waals surface area contributed by atoms with Crippen molar-refractivity contribution >= 4 is 17.9 Å². The first-order valence-electron chi connectivity index (χ1n) is 29.7. The number of carbonyl (C=O) groups excluding carboxylic acids is 3. The largest absolute Gasteiger partial charge is 0.462 e. The molecule has 0 spiro atoms. The highest BCUT2D eigenvalue weighted by Gasteiger charge is 2.19. The summed E-state index contributed by atoms with van der Waals surface area (Å²) in [6.45, 7) is 6.42. The maximum absolute atomic E-state index is 12.8. The van der Waals surface area contributed by atoms with Gasteiger partial charge in [0.15, 0.2) is 6.10 Å². The Balaban J connectivity index is 4.21. The molecule has 0 heterocycles. The molecule has 6 heteroatoms. The molecule has 73 heavy (non-hydrogen) atoms. The van der Waals surface area contributed by atoms with E-state index in [4.69, 9.17) is 14.2 Å². The Hall–Kier alpha value is -4.45. The number of unbranched alkanes of at least 4 members (excludes halogenated alkanes) is 19. The number of allylic oxidation sites excluding steroid dienone is 22. The average Bonchev–Trinajstić information content (AvgIpc) is 3.39. The fraction of sp³-hybridized carbons (Fsp3) is 0.627.